The molecule has 5 heteroatoms. The van der Waals surface area contributed by atoms with Gasteiger partial charge in [0.15, 0.2) is 0 Å². The first-order chi connectivity index (χ1) is 11.9. The van der Waals surface area contributed by atoms with Gasteiger partial charge in [0.05, 0.1) is 12.1 Å². The first kappa shape index (κ1) is 18.3. The lowest BCUT2D eigenvalue weighted by Gasteiger charge is -2.11. The third-order valence-electron chi connectivity index (χ3n) is 2.99. The molecular weight excluding hydrogens is 316 g/mol. The number of carbonyl (C=O) groups is 1. The highest BCUT2D eigenvalue weighted by Gasteiger charge is 2.03. The molecule has 0 spiro atoms. The van der Waals surface area contributed by atoms with Crippen molar-refractivity contribution in [1.82, 2.24) is 10.3 Å². The van der Waals surface area contributed by atoms with Crippen molar-refractivity contribution in [2.75, 3.05) is 0 Å². The Bertz CT molecular complexity index is 774. The molecule has 2 rings (SSSR count). The summed E-state index contributed by atoms with van der Waals surface area (Å²) in [5.74, 6) is 7.69. The SMILES string of the molecule is CC(=O)NC(C)C#Cc1ccc(Oc2cccc(OC(C)C)c2)nc1. The zero-order valence-electron chi connectivity index (χ0n) is 14.9. The van der Waals surface area contributed by atoms with Gasteiger partial charge >= 0.3 is 0 Å². The van der Waals surface area contributed by atoms with E-state index in [9.17, 15) is 4.79 Å². The van der Waals surface area contributed by atoms with Gasteiger partial charge in [-0.25, -0.2) is 4.98 Å². The van der Waals surface area contributed by atoms with Crippen LogP contribution in [0.5, 0.6) is 17.4 Å². The molecule has 1 unspecified atom stereocenters. The van der Waals surface area contributed by atoms with Gasteiger partial charge < -0.3 is 14.8 Å². The van der Waals surface area contributed by atoms with Crippen LogP contribution in [0.15, 0.2) is 42.6 Å². The minimum atomic E-state index is -0.211. The molecule has 5 nitrogen and oxygen atoms in total. The Morgan fingerprint density at radius 3 is 2.56 bits per heavy atom. The van der Waals surface area contributed by atoms with Crippen LogP contribution >= 0.6 is 0 Å². The normalized spacial score (nSPS) is 11.2. The van der Waals surface area contributed by atoms with Crippen molar-refractivity contribution in [3.63, 3.8) is 0 Å². The predicted molar refractivity (Wildman–Crippen MR) is 96.7 cm³/mol. The van der Waals surface area contributed by atoms with Crippen molar-refractivity contribution in [1.29, 1.82) is 0 Å². The van der Waals surface area contributed by atoms with Crippen molar-refractivity contribution in [2.45, 2.75) is 39.8 Å². The number of hydrogen-bond donors (Lipinski definition) is 1. The highest BCUT2D eigenvalue weighted by Crippen LogP contribution is 2.24. The maximum atomic E-state index is 10.9. The van der Waals surface area contributed by atoms with Gasteiger partial charge in [-0.3, -0.25) is 4.79 Å². The van der Waals surface area contributed by atoms with Gasteiger partial charge in [0, 0.05) is 30.8 Å². The van der Waals surface area contributed by atoms with Gasteiger partial charge in [0.2, 0.25) is 11.8 Å². The second-order valence-corrected chi connectivity index (χ2v) is 5.82. The number of hydrogen-bond acceptors (Lipinski definition) is 4. The highest BCUT2D eigenvalue weighted by molar-refractivity contribution is 5.73. The van der Waals surface area contributed by atoms with Crippen LogP contribution in [0.2, 0.25) is 0 Å². The number of amides is 1. The van der Waals surface area contributed by atoms with Crippen molar-refractivity contribution >= 4 is 5.91 Å². The van der Waals surface area contributed by atoms with Gasteiger partial charge in [-0.2, -0.15) is 0 Å². The number of pyridine rings is 1. The lowest BCUT2D eigenvalue weighted by molar-refractivity contribution is -0.119. The number of rotatable bonds is 5. The van der Waals surface area contributed by atoms with Crippen molar-refractivity contribution in [3.05, 3.63) is 48.2 Å². The number of carbonyl (C=O) groups excluding carboxylic acids is 1. The second-order valence-electron chi connectivity index (χ2n) is 5.82. The lowest BCUT2D eigenvalue weighted by Crippen LogP contribution is -2.28. The van der Waals surface area contributed by atoms with Gasteiger partial charge in [-0.15, -0.1) is 0 Å². The van der Waals surface area contributed by atoms with Crippen LogP contribution in [0.1, 0.15) is 33.3 Å². The summed E-state index contributed by atoms with van der Waals surface area (Å²) in [6.45, 7) is 7.24. The third-order valence-corrected chi connectivity index (χ3v) is 2.99. The molecule has 1 amide bonds. The molecule has 0 radical (unpaired) electrons. The number of aromatic nitrogens is 1. The summed E-state index contributed by atoms with van der Waals surface area (Å²) >= 11 is 0. The minimum Gasteiger partial charge on any atom is -0.491 e. The number of ether oxygens (including phenoxy) is 2. The molecule has 25 heavy (non-hydrogen) atoms. The van der Waals surface area contributed by atoms with Gasteiger partial charge in [0.25, 0.3) is 0 Å². The average Bonchev–Trinajstić information content (AvgIpc) is 2.53. The fourth-order valence-corrected chi connectivity index (χ4v) is 2.05. The molecule has 1 atom stereocenters. The molecule has 1 heterocycles. The van der Waals surface area contributed by atoms with Crippen LogP contribution in [0.3, 0.4) is 0 Å². The van der Waals surface area contributed by atoms with Crippen molar-refractivity contribution < 1.29 is 14.3 Å². The summed E-state index contributed by atoms with van der Waals surface area (Å²) in [6, 6.07) is 10.8. The first-order valence-electron chi connectivity index (χ1n) is 8.11. The molecule has 1 aromatic carbocycles. The molecule has 0 saturated heterocycles. The van der Waals surface area contributed by atoms with E-state index in [0.717, 1.165) is 11.3 Å². The topological polar surface area (TPSA) is 60.5 Å². The molecule has 1 aromatic heterocycles. The summed E-state index contributed by atoms with van der Waals surface area (Å²) < 4.78 is 11.4. The zero-order chi connectivity index (χ0) is 18.2. The Labute approximate surface area is 148 Å². The molecule has 0 aliphatic heterocycles. The van der Waals surface area contributed by atoms with Crippen LogP contribution in [-0.4, -0.2) is 23.0 Å². The first-order valence-corrected chi connectivity index (χ1v) is 8.11. The molecule has 130 valence electrons. The number of benzene rings is 1. The monoisotopic (exact) mass is 338 g/mol. The van der Waals surface area contributed by atoms with E-state index in [-0.39, 0.29) is 18.1 Å². The molecule has 0 bridgehead atoms. The fourth-order valence-electron chi connectivity index (χ4n) is 2.05. The van der Waals surface area contributed by atoms with Crippen LogP contribution in [0.4, 0.5) is 0 Å². The number of nitrogens with zero attached hydrogens (tertiary/aromatic N) is 1. The minimum absolute atomic E-state index is 0.103. The van der Waals surface area contributed by atoms with Gasteiger partial charge in [0.1, 0.15) is 11.5 Å². The van der Waals surface area contributed by atoms with Crippen LogP contribution in [0, 0.1) is 11.8 Å². The molecular formula is C20H22N2O3. The van der Waals surface area contributed by atoms with Gasteiger partial charge in [-0.1, -0.05) is 17.9 Å². The highest BCUT2D eigenvalue weighted by atomic mass is 16.5. The summed E-state index contributed by atoms with van der Waals surface area (Å²) in [4.78, 5) is 15.2. The average molecular weight is 338 g/mol. The molecule has 0 aliphatic carbocycles. The van der Waals surface area contributed by atoms with E-state index in [1.165, 1.54) is 6.92 Å². The zero-order valence-corrected chi connectivity index (χ0v) is 14.9. The van der Waals surface area contributed by atoms with Crippen molar-refractivity contribution in [3.8, 4) is 29.2 Å². The third kappa shape index (κ3) is 6.56. The van der Waals surface area contributed by atoms with E-state index in [1.54, 1.807) is 12.3 Å². The van der Waals surface area contributed by atoms with E-state index in [4.69, 9.17) is 9.47 Å². The standard InChI is InChI=1S/C20H22N2O3/c1-14(2)24-18-6-5-7-19(12-18)25-20-11-10-17(13-21-20)9-8-15(3)22-16(4)23/h5-7,10-15H,1-4H3,(H,22,23). The Kier molecular flexibility index (Phi) is 6.41. The quantitative estimate of drug-likeness (QED) is 0.847. The van der Waals surface area contributed by atoms with E-state index in [2.05, 4.69) is 22.1 Å². The summed E-state index contributed by atoms with van der Waals surface area (Å²) in [5, 5.41) is 2.71. The van der Waals surface area contributed by atoms with E-state index in [0.29, 0.717) is 11.6 Å². The maximum absolute atomic E-state index is 10.9. The molecule has 0 aliphatic rings. The fraction of sp³-hybridized carbons (Fsp3) is 0.300. The molecule has 1 N–H and O–H groups in total. The summed E-state index contributed by atoms with van der Waals surface area (Å²) in [7, 11) is 0. The van der Waals surface area contributed by atoms with E-state index in [1.807, 2.05) is 51.1 Å². The summed E-state index contributed by atoms with van der Waals surface area (Å²) in [6.07, 6.45) is 1.74. The summed E-state index contributed by atoms with van der Waals surface area (Å²) in [5.41, 5.74) is 0.751. The largest absolute Gasteiger partial charge is 0.491 e. The Hall–Kier alpha value is -3.00. The maximum Gasteiger partial charge on any atom is 0.219 e. The van der Waals surface area contributed by atoms with Crippen LogP contribution < -0.4 is 14.8 Å². The predicted octanol–water partition coefficient (Wildman–Crippen LogP) is 3.54. The number of nitrogens with one attached hydrogen (secondary N) is 1. The van der Waals surface area contributed by atoms with Crippen LogP contribution in [0.25, 0.3) is 0 Å². The smallest absolute Gasteiger partial charge is 0.219 e. The Morgan fingerprint density at radius 1 is 1.16 bits per heavy atom. The molecule has 2 aromatic rings. The Balaban J connectivity index is 2.01. The van der Waals surface area contributed by atoms with E-state index < -0.39 is 0 Å². The molecule has 0 saturated carbocycles. The lowest BCUT2D eigenvalue weighted by atomic mass is 10.2. The van der Waals surface area contributed by atoms with E-state index >= 15 is 0 Å². The Morgan fingerprint density at radius 2 is 1.92 bits per heavy atom. The van der Waals surface area contributed by atoms with Crippen molar-refractivity contribution in [2.24, 2.45) is 0 Å². The molecule has 0 fully saturated rings. The second kappa shape index (κ2) is 8.74. The van der Waals surface area contributed by atoms with Gasteiger partial charge in [-0.05, 0) is 39.0 Å². The van der Waals surface area contributed by atoms with Crippen LogP contribution in [-0.2, 0) is 4.79 Å².